The summed E-state index contributed by atoms with van der Waals surface area (Å²) in [4.78, 5) is 11.7. The Morgan fingerprint density at radius 1 is 1.11 bits per heavy atom. The summed E-state index contributed by atoms with van der Waals surface area (Å²) in [6.45, 7) is 4.37. The predicted molar refractivity (Wildman–Crippen MR) is 81.8 cm³/mol. The number of rotatable bonds is 5. The number of hydrogen-bond donors (Lipinski definition) is 1. The summed E-state index contributed by atoms with van der Waals surface area (Å²) in [5.74, 6) is 0.547. The van der Waals surface area contributed by atoms with Crippen molar-refractivity contribution in [3.8, 4) is 0 Å². The van der Waals surface area contributed by atoms with Crippen molar-refractivity contribution in [1.82, 2.24) is 0 Å². The van der Waals surface area contributed by atoms with Gasteiger partial charge in [0.25, 0.3) is 0 Å². The molecule has 2 nitrogen and oxygen atoms in total. The zero-order valence-electron chi connectivity index (χ0n) is 11.1. The fourth-order valence-corrected chi connectivity index (χ4v) is 2.42. The maximum Gasteiger partial charge on any atom is 0.150 e. The number of anilines is 1. The predicted octanol–water partition coefficient (Wildman–Crippen LogP) is 4.74. The lowest BCUT2D eigenvalue weighted by molar-refractivity contribution is 0.112. The molecular formula is C16H17NOS. The third-order valence-electron chi connectivity index (χ3n) is 2.86. The first-order chi connectivity index (χ1) is 9.19. The Hall–Kier alpha value is -1.74. The van der Waals surface area contributed by atoms with Gasteiger partial charge >= 0.3 is 0 Å². The molecule has 0 aliphatic carbocycles. The minimum atomic E-state index is 0.547. The molecule has 2 rings (SSSR count). The van der Waals surface area contributed by atoms with E-state index in [0.717, 1.165) is 16.9 Å². The topological polar surface area (TPSA) is 29.1 Å². The number of hydrogen-bond acceptors (Lipinski definition) is 3. The third kappa shape index (κ3) is 3.86. The zero-order chi connectivity index (χ0) is 13.7. The molecule has 2 aromatic carbocycles. The van der Waals surface area contributed by atoms with Crippen molar-refractivity contribution >= 4 is 23.9 Å². The van der Waals surface area contributed by atoms with Gasteiger partial charge in [-0.25, -0.2) is 0 Å². The van der Waals surface area contributed by atoms with E-state index in [9.17, 15) is 4.79 Å². The Bertz CT molecular complexity index is 549. The first-order valence-electron chi connectivity index (χ1n) is 6.27. The van der Waals surface area contributed by atoms with Crippen molar-refractivity contribution in [2.24, 2.45) is 0 Å². The molecule has 19 heavy (non-hydrogen) atoms. The summed E-state index contributed by atoms with van der Waals surface area (Å²) in [6, 6.07) is 16.0. The molecular weight excluding hydrogens is 254 g/mol. The average Bonchev–Trinajstić information content (AvgIpc) is 2.46. The molecule has 0 saturated heterocycles. The van der Waals surface area contributed by atoms with Crippen LogP contribution in [-0.4, -0.2) is 6.29 Å². The van der Waals surface area contributed by atoms with Crippen molar-refractivity contribution in [1.29, 1.82) is 0 Å². The monoisotopic (exact) mass is 271 g/mol. The lowest BCUT2D eigenvalue weighted by Crippen LogP contribution is -1.90. The molecule has 3 heteroatoms. The molecule has 2 aromatic rings. The van der Waals surface area contributed by atoms with Gasteiger partial charge in [0, 0.05) is 16.1 Å². The molecule has 98 valence electrons. The number of nitrogens with one attached hydrogen (secondary N) is 1. The molecule has 0 bridgehead atoms. The zero-order valence-corrected chi connectivity index (χ0v) is 11.9. The summed E-state index contributed by atoms with van der Waals surface area (Å²) in [5, 5.41) is 0. The van der Waals surface area contributed by atoms with Crippen molar-refractivity contribution in [2.45, 2.75) is 24.7 Å². The van der Waals surface area contributed by atoms with Crippen molar-refractivity contribution in [3.05, 3.63) is 59.7 Å². The smallest absolute Gasteiger partial charge is 0.150 e. The number of carbonyl (C=O) groups excluding carboxylic acids is 1. The van der Waals surface area contributed by atoms with Crippen LogP contribution in [-0.2, 0) is 0 Å². The Labute approximate surface area is 118 Å². The molecule has 0 heterocycles. The molecule has 1 N–H and O–H groups in total. The molecule has 0 amide bonds. The summed E-state index contributed by atoms with van der Waals surface area (Å²) >= 11 is 1.51. The first kappa shape index (κ1) is 13.7. The fraction of sp³-hybridized carbons (Fsp3) is 0.188. The van der Waals surface area contributed by atoms with Crippen LogP contribution < -0.4 is 4.72 Å². The fourth-order valence-electron chi connectivity index (χ4n) is 1.71. The maximum absolute atomic E-state index is 10.7. The summed E-state index contributed by atoms with van der Waals surface area (Å²) in [5.41, 5.74) is 3.09. The van der Waals surface area contributed by atoms with Crippen LogP contribution in [0.25, 0.3) is 0 Å². The summed E-state index contributed by atoms with van der Waals surface area (Å²) in [7, 11) is 0. The highest BCUT2D eigenvalue weighted by molar-refractivity contribution is 8.00. The second-order valence-corrected chi connectivity index (χ2v) is 5.55. The van der Waals surface area contributed by atoms with Gasteiger partial charge in [0.15, 0.2) is 0 Å². The largest absolute Gasteiger partial charge is 0.326 e. The summed E-state index contributed by atoms with van der Waals surface area (Å²) < 4.78 is 3.28. The quantitative estimate of drug-likeness (QED) is 0.629. The van der Waals surface area contributed by atoms with E-state index in [0.29, 0.717) is 11.5 Å². The van der Waals surface area contributed by atoms with Crippen molar-refractivity contribution in [2.75, 3.05) is 4.72 Å². The molecule has 0 aromatic heterocycles. The lowest BCUT2D eigenvalue weighted by Gasteiger charge is -2.08. The van der Waals surface area contributed by atoms with Gasteiger partial charge in [0.05, 0.1) is 0 Å². The molecule has 0 radical (unpaired) electrons. The highest BCUT2D eigenvalue weighted by Gasteiger charge is 2.00. The van der Waals surface area contributed by atoms with Crippen molar-refractivity contribution in [3.63, 3.8) is 0 Å². The van der Waals surface area contributed by atoms with E-state index in [4.69, 9.17) is 0 Å². The molecule has 0 saturated carbocycles. The standard InChI is InChI=1S/C16H17NOS/c1-12(2)14-6-8-15(9-7-14)17-19-16-5-3-4-13(10-16)11-18/h3-12,17H,1-2H3. The minimum Gasteiger partial charge on any atom is -0.326 e. The minimum absolute atomic E-state index is 0.547. The van der Waals surface area contributed by atoms with Gasteiger partial charge in [-0.3, -0.25) is 4.79 Å². The maximum atomic E-state index is 10.7. The molecule has 0 spiro atoms. The number of aldehydes is 1. The summed E-state index contributed by atoms with van der Waals surface area (Å²) in [6.07, 6.45) is 0.863. The van der Waals surface area contributed by atoms with E-state index in [1.54, 1.807) is 6.07 Å². The second kappa shape index (κ2) is 6.43. The molecule has 0 atom stereocenters. The van der Waals surface area contributed by atoms with Gasteiger partial charge in [0.2, 0.25) is 0 Å². The highest BCUT2D eigenvalue weighted by atomic mass is 32.2. The van der Waals surface area contributed by atoms with Crippen molar-refractivity contribution < 1.29 is 4.79 Å². The van der Waals surface area contributed by atoms with Crippen LogP contribution in [0.2, 0.25) is 0 Å². The van der Waals surface area contributed by atoms with E-state index in [-0.39, 0.29) is 0 Å². The Balaban J connectivity index is 1.99. The van der Waals surface area contributed by atoms with Crippen LogP contribution in [0, 0.1) is 0 Å². The molecule has 0 unspecified atom stereocenters. The SMILES string of the molecule is CC(C)c1ccc(NSc2cccc(C=O)c2)cc1. The molecule has 0 fully saturated rings. The highest BCUT2D eigenvalue weighted by Crippen LogP contribution is 2.23. The van der Waals surface area contributed by atoms with Gasteiger partial charge < -0.3 is 4.72 Å². The molecule has 0 aliphatic heterocycles. The van der Waals surface area contributed by atoms with E-state index in [1.807, 2.05) is 18.2 Å². The Morgan fingerprint density at radius 2 is 1.84 bits per heavy atom. The van der Waals surface area contributed by atoms with Gasteiger partial charge in [-0.2, -0.15) is 0 Å². The van der Waals surface area contributed by atoms with E-state index in [2.05, 4.69) is 42.8 Å². The normalized spacial score (nSPS) is 10.5. The lowest BCUT2D eigenvalue weighted by atomic mass is 10.0. The molecule has 0 aliphatic rings. The van der Waals surface area contributed by atoms with Gasteiger partial charge in [-0.1, -0.05) is 38.1 Å². The third-order valence-corrected chi connectivity index (χ3v) is 3.69. The van der Waals surface area contributed by atoms with Crippen LogP contribution in [0.5, 0.6) is 0 Å². The Morgan fingerprint density at radius 3 is 2.47 bits per heavy atom. The van der Waals surface area contributed by atoms with Crippen LogP contribution >= 0.6 is 11.9 Å². The van der Waals surface area contributed by atoms with E-state index >= 15 is 0 Å². The van der Waals surface area contributed by atoms with Gasteiger partial charge in [-0.15, -0.1) is 0 Å². The van der Waals surface area contributed by atoms with Crippen LogP contribution in [0.1, 0.15) is 35.7 Å². The van der Waals surface area contributed by atoms with Crippen LogP contribution in [0.15, 0.2) is 53.4 Å². The first-order valence-corrected chi connectivity index (χ1v) is 7.09. The average molecular weight is 271 g/mol. The van der Waals surface area contributed by atoms with Crippen LogP contribution in [0.4, 0.5) is 5.69 Å². The van der Waals surface area contributed by atoms with Crippen LogP contribution in [0.3, 0.4) is 0 Å². The number of benzene rings is 2. The number of carbonyl (C=O) groups is 1. The van der Waals surface area contributed by atoms with Gasteiger partial charge in [0.1, 0.15) is 6.29 Å². The van der Waals surface area contributed by atoms with Gasteiger partial charge in [-0.05, 0) is 47.7 Å². The Kier molecular flexibility index (Phi) is 4.63. The van der Waals surface area contributed by atoms with E-state index < -0.39 is 0 Å². The van der Waals surface area contributed by atoms with E-state index in [1.165, 1.54) is 17.5 Å². The second-order valence-electron chi connectivity index (χ2n) is 4.67.